The van der Waals surface area contributed by atoms with E-state index in [2.05, 4.69) is 51.7 Å². The summed E-state index contributed by atoms with van der Waals surface area (Å²) >= 11 is 8.78. The van der Waals surface area contributed by atoms with Crippen LogP contribution in [0.2, 0.25) is 0 Å². The third kappa shape index (κ3) is 4.28. The van der Waals surface area contributed by atoms with Crippen molar-refractivity contribution >= 4 is 38.9 Å². The number of rotatable bonds is 4. The number of hydrogen-bond acceptors (Lipinski definition) is 2. The molecule has 2 rings (SSSR count). The van der Waals surface area contributed by atoms with Gasteiger partial charge in [-0.2, -0.15) is 5.10 Å². The van der Waals surface area contributed by atoms with Gasteiger partial charge in [-0.05, 0) is 57.3 Å². The summed E-state index contributed by atoms with van der Waals surface area (Å²) < 4.78 is 2.98. The number of aryl methyl sites for hydroxylation is 2. The van der Waals surface area contributed by atoms with Gasteiger partial charge in [0.1, 0.15) is 0 Å². The number of thiocarbonyl (C=S) groups is 1. The highest BCUT2D eigenvalue weighted by Gasteiger charge is 2.13. The van der Waals surface area contributed by atoms with Crippen LogP contribution in [0.1, 0.15) is 31.1 Å². The van der Waals surface area contributed by atoms with Gasteiger partial charge in [0, 0.05) is 28.5 Å². The van der Waals surface area contributed by atoms with E-state index in [1.165, 1.54) is 0 Å². The first-order valence-electron chi connectivity index (χ1n) is 6.86. The maximum Gasteiger partial charge on any atom is 0.171 e. The van der Waals surface area contributed by atoms with E-state index in [9.17, 15) is 0 Å². The standard InChI is InChI=1S/C15H19BrN4S/c1-4-20-9-14(11(3)19-20)10(2)17-15(21)18-13-7-5-12(16)6-8-13/h5-10H,4H2,1-3H3,(H2,17,18,21). The van der Waals surface area contributed by atoms with Gasteiger partial charge in [0.15, 0.2) is 5.11 Å². The minimum atomic E-state index is 0.112. The summed E-state index contributed by atoms with van der Waals surface area (Å²) in [6.45, 7) is 7.05. The number of nitrogens with one attached hydrogen (secondary N) is 2. The SMILES string of the molecule is CCn1cc(C(C)NC(=S)Nc2ccc(Br)cc2)c(C)n1. The quantitative estimate of drug-likeness (QED) is 0.801. The van der Waals surface area contributed by atoms with E-state index >= 15 is 0 Å². The van der Waals surface area contributed by atoms with Gasteiger partial charge in [-0.15, -0.1) is 0 Å². The van der Waals surface area contributed by atoms with Gasteiger partial charge in [0.05, 0.1) is 11.7 Å². The summed E-state index contributed by atoms with van der Waals surface area (Å²) in [5.74, 6) is 0. The molecule has 0 aliphatic heterocycles. The van der Waals surface area contributed by atoms with E-state index in [1.807, 2.05) is 35.9 Å². The molecule has 0 bridgehead atoms. The van der Waals surface area contributed by atoms with Crippen molar-refractivity contribution in [2.75, 3.05) is 5.32 Å². The Bertz CT molecular complexity index is 621. The summed E-state index contributed by atoms with van der Waals surface area (Å²) in [5.41, 5.74) is 3.16. The molecule has 0 spiro atoms. The monoisotopic (exact) mass is 366 g/mol. The fraction of sp³-hybridized carbons (Fsp3) is 0.333. The van der Waals surface area contributed by atoms with Crippen molar-refractivity contribution in [3.63, 3.8) is 0 Å². The van der Waals surface area contributed by atoms with Crippen molar-refractivity contribution in [2.45, 2.75) is 33.4 Å². The molecule has 6 heteroatoms. The van der Waals surface area contributed by atoms with E-state index in [0.717, 1.165) is 28.0 Å². The summed E-state index contributed by atoms with van der Waals surface area (Å²) in [5, 5.41) is 11.5. The number of halogens is 1. The molecule has 4 nitrogen and oxygen atoms in total. The molecule has 21 heavy (non-hydrogen) atoms. The van der Waals surface area contributed by atoms with Crippen molar-refractivity contribution in [1.82, 2.24) is 15.1 Å². The topological polar surface area (TPSA) is 41.9 Å². The highest BCUT2D eigenvalue weighted by atomic mass is 79.9. The molecule has 0 amide bonds. The summed E-state index contributed by atoms with van der Waals surface area (Å²) in [6.07, 6.45) is 2.06. The molecular formula is C15H19BrN4S. The van der Waals surface area contributed by atoms with Crippen molar-refractivity contribution in [2.24, 2.45) is 0 Å². The normalized spacial score (nSPS) is 12.0. The lowest BCUT2D eigenvalue weighted by molar-refractivity contribution is 0.651. The molecule has 2 N–H and O–H groups in total. The van der Waals surface area contributed by atoms with Crippen LogP contribution in [0.3, 0.4) is 0 Å². The van der Waals surface area contributed by atoms with Crippen LogP contribution in [0, 0.1) is 6.92 Å². The van der Waals surface area contributed by atoms with Gasteiger partial charge in [-0.3, -0.25) is 4.68 Å². The van der Waals surface area contributed by atoms with Gasteiger partial charge in [-0.25, -0.2) is 0 Å². The predicted octanol–water partition coefficient (Wildman–Crippen LogP) is 4.02. The zero-order chi connectivity index (χ0) is 15.4. The number of aromatic nitrogens is 2. The maximum absolute atomic E-state index is 5.36. The highest BCUT2D eigenvalue weighted by molar-refractivity contribution is 9.10. The molecule has 0 aliphatic rings. The molecule has 1 heterocycles. The fourth-order valence-electron chi connectivity index (χ4n) is 2.10. The largest absolute Gasteiger partial charge is 0.356 e. The highest BCUT2D eigenvalue weighted by Crippen LogP contribution is 2.17. The van der Waals surface area contributed by atoms with Crippen molar-refractivity contribution in [3.8, 4) is 0 Å². The number of hydrogen-bond donors (Lipinski definition) is 2. The molecule has 0 fully saturated rings. The second-order valence-corrected chi connectivity index (χ2v) is 6.18. The molecule has 0 saturated carbocycles. The van der Waals surface area contributed by atoms with Gasteiger partial charge in [-0.1, -0.05) is 15.9 Å². The van der Waals surface area contributed by atoms with Gasteiger partial charge >= 0.3 is 0 Å². The van der Waals surface area contributed by atoms with Crippen LogP contribution in [-0.4, -0.2) is 14.9 Å². The zero-order valence-electron chi connectivity index (χ0n) is 12.4. The zero-order valence-corrected chi connectivity index (χ0v) is 14.8. The van der Waals surface area contributed by atoms with Crippen LogP contribution in [0.4, 0.5) is 5.69 Å². The van der Waals surface area contributed by atoms with Crippen molar-refractivity contribution in [3.05, 3.63) is 46.2 Å². The fourth-order valence-corrected chi connectivity index (χ4v) is 2.65. The summed E-state index contributed by atoms with van der Waals surface area (Å²) in [7, 11) is 0. The molecule has 1 atom stereocenters. The van der Waals surface area contributed by atoms with Gasteiger partial charge < -0.3 is 10.6 Å². The molecule has 1 unspecified atom stereocenters. The Morgan fingerprint density at radius 1 is 1.38 bits per heavy atom. The maximum atomic E-state index is 5.36. The summed E-state index contributed by atoms with van der Waals surface area (Å²) in [4.78, 5) is 0. The Hall–Kier alpha value is -1.40. The lowest BCUT2D eigenvalue weighted by atomic mass is 10.1. The third-order valence-electron chi connectivity index (χ3n) is 3.22. The van der Waals surface area contributed by atoms with Crippen LogP contribution < -0.4 is 10.6 Å². The van der Waals surface area contributed by atoms with E-state index in [0.29, 0.717) is 5.11 Å². The second kappa shape index (κ2) is 7.04. The Morgan fingerprint density at radius 3 is 2.62 bits per heavy atom. The van der Waals surface area contributed by atoms with E-state index in [-0.39, 0.29) is 6.04 Å². The van der Waals surface area contributed by atoms with E-state index in [1.54, 1.807) is 0 Å². The Kier molecular flexibility index (Phi) is 5.36. The first-order valence-corrected chi connectivity index (χ1v) is 8.06. The van der Waals surface area contributed by atoms with Crippen LogP contribution in [0.25, 0.3) is 0 Å². The lowest BCUT2D eigenvalue weighted by Crippen LogP contribution is -2.31. The number of benzene rings is 1. The lowest BCUT2D eigenvalue weighted by Gasteiger charge is -2.16. The van der Waals surface area contributed by atoms with Crippen molar-refractivity contribution < 1.29 is 0 Å². The van der Waals surface area contributed by atoms with Crippen LogP contribution in [-0.2, 0) is 6.54 Å². The molecular weight excluding hydrogens is 348 g/mol. The number of nitrogens with zero attached hydrogens (tertiary/aromatic N) is 2. The summed E-state index contributed by atoms with van der Waals surface area (Å²) in [6, 6.07) is 8.01. The van der Waals surface area contributed by atoms with E-state index < -0.39 is 0 Å². The van der Waals surface area contributed by atoms with Gasteiger partial charge in [0.25, 0.3) is 0 Å². The molecule has 112 valence electrons. The average Bonchev–Trinajstić information content (AvgIpc) is 2.82. The van der Waals surface area contributed by atoms with Gasteiger partial charge in [0.2, 0.25) is 0 Å². The molecule has 2 aromatic rings. The van der Waals surface area contributed by atoms with E-state index in [4.69, 9.17) is 12.2 Å². The minimum absolute atomic E-state index is 0.112. The first kappa shape index (κ1) is 16.0. The Morgan fingerprint density at radius 2 is 2.05 bits per heavy atom. The minimum Gasteiger partial charge on any atom is -0.356 e. The average molecular weight is 367 g/mol. The molecule has 1 aromatic carbocycles. The first-order chi connectivity index (χ1) is 9.99. The predicted molar refractivity (Wildman–Crippen MR) is 94.6 cm³/mol. The van der Waals surface area contributed by atoms with Crippen LogP contribution in [0.15, 0.2) is 34.9 Å². The van der Waals surface area contributed by atoms with Crippen molar-refractivity contribution in [1.29, 1.82) is 0 Å². The second-order valence-electron chi connectivity index (χ2n) is 4.85. The van der Waals surface area contributed by atoms with Crippen LogP contribution in [0.5, 0.6) is 0 Å². The molecule has 0 aliphatic carbocycles. The Labute approximate surface area is 139 Å². The molecule has 0 saturated heterocycles. The Balaban J connectivity index is 1.98. The third-order valence-corrected chi connectivity index (χ3v) is 3.97. The number of anilines is 1. The van der Waals surface area contributed by atoms with Crippen LogP contribution >= 0.6 is 28.1 Å². The molecule has 1 aromatic heterocycles. The smallest absolute Gasteiger partial charge is 0.171 e. The molecule has 0 radical (unpaired) electrons.